The van der Waals surface area contributed by atoms with Gasteiger partial charge in [0.25, 0.3) is 10.0 Å². The van der Waals surface area contributed by atoms with E-state index in [1.807, 2.05) is 6.92 Å². The van der Waals surface area contributed by atoms with E-state index in [0.717, 1.165) is 24.2 Å². The van der Waals surface area contributed by atoms with Crippen LogP contribution in [0, 0.1) is 5.92 Å². The van der Waals surface area contributed by atoms with Gasteiger partial charge < -0.3 is 0 Å². The minimum atomic E-state index is -3.64. The van der Waals surface area contributed by atoms with E-state index in [0.29, 0.717) is 24.7 Å². The molecule has 0 saturated carbocycles. The van der Waals surface area contributed by atoms with Gasteiger partial charge in [-0.25, -0.2) is 16.8 Å². The summed E-state index contributed by atoms with van der Waals surface area (Å²) in [4.78, 5) is 0.181. The second-order valence-electron chi connectivity index (χ2n) is 6.17. The van der Waals surface area contributed by atoms with E-state index < -0.39 is 20.0 Å². The maximum Gasteiger partial charge on any atom is 0.271 e. The first-order valence-electron chi connectivity index (χ1n) is 7.95. The number of sulfonamides is 2. The Hall–Kier alpha value is -1.42. The highest BCUT2D eigenvalue weighted by Gasteiger charge is 2.28. The van der Waals surface area contributed by atoms with Gasteiger partial charge in [-0.1, -0.05) is 13.0 Å². The molecule has 25 heavy (non-hydrogen) atoms. The average Bonchev–Trinajstić information content (AvgIpc) is 3.10. The molecule has 0 radical (unpaired) electrons. The van der Waals surface area contributed by atoms with Gasteiger partial charge in [-0.2, -0.15) is 4.31 Å². The van der Waals surface area contributed by atoms with E-state index in [1.54, 1.807) is 11.4 Å². The standard InChI is InChI=1S/C16H20N2O4S3/c1-13-4-2-10-18(12-13)25(21,22)15-8-6-14(7-9-15)17-24(19,20)16-5-3-11-23-16/h3,5-9,11,13,17H,2,4,10,12H2,1H3/t13-/m1/s1. The van der Waals surface area contributed by atoms with Crippen LogP contribution in [0.5, 0.6) is 0 Å². The molecule has 0 aliphatic carbocycles. The van der Waals surface area contributed by atoms with Crippen LogP contribution in [-0.2, 0) is 20.0 Å². The molecule has 1 fully saturated rings. The second kappa shape index (κ2) is 7.06. The molecular formula is C16H20N2O4S3. The number of benzene rings is 1. The van der Waals surface area contributed by atoms with Crippen molar-refractivity contribution >= 4 is 37.1 Å². The van der Waals surface area contributed by atoms with Crippen LogP contribution in [0.25, 0.3) is 0 Å². The molecule has 2 aromatic rings. The predicted octanol–water partition coefficient (Wildman–Crippen LogP) is 2.97. The molecular weight excluding hydrogens is 380 g/mol. The van der Waals surface area contributed by atoms with Gasteiger partial charge in [0.2, 0.25) is 10.0 Å². The van der Waals surface area contributed by atoms with Gasteiger partial charge >= 0.3 is 0 Å². The first-order valence-corrected chi connectivity index (χ1v) is 11.8. The highest BCUT2D eigenvalue weighted by Crippen LogP contribution is 2.25. The molecule has 1 N–H and O–H groups in total. The number of nitrogens with zero attached hydrogens (tertiary/aromatic N) is 1. The number of hydrogen-bond donors (Lipinski definition) is 1. The molecule has 1 aromatic heterocycles. The Labute approximate surface area is 152 Å². The number of anilines is 1. The van der Waals surface area contributed by atoms with Crippen molar-refractivity contribution in [3.8, 4) is 0 Å². The van der Waals surface area contributed by atoms with Crippen LogP contribution in [0.15, 0.2) is 50.9 Å². The zero-order valence-corrected chi connectivity index (χ0v) is 16.2. The van der Waals surface area contributed by atoms with E-state index in [1.165, 1.54) is 34.6 Å². The number of thiophene rings is 1. The summed E-state index contributed by atoms with van der Waals surface area (Å²) >= 11 is 1.12. The molecule has 0 spiro atoms. The fourth-order valence-electron chi connectivity index (χ4n) is 2.83. The van der Waals surface area contributed by atoms with Gasteiger partial charge in [0, 0.05) is 18.8 Å². The lowest BCUT2D eigenvalue weighted by Gasteiger charge is -2.30. The first-order chi connectivity index (χ1) is 11.8. The molecule has 0 amide bonds. The summed E-state index contributed by atoms with van der Waals surface area (Å²) in [7, 11) is -7.18. The van der Waals surface area contributed by atoms with Crippen LogP contribution in [-0.4, -0.2) is 34.2 Å². The van der Waals surface area contributed by atoms with Gasteiger partial charge in [-0.05, 0) is 54.5 Å². The Kier molecular flexibility index (Phi) is 5.19. The van der Waals surface area contributed by atoms with E-state index in [4.69, 9.17) is 0 Å². The van der Waals surface area contributed by atoms with Crippen molar-refractivity contribution in [2.75, 3.05) is 17.8 Å². The quantitative estimate of drug-likeness (QED) is 0.836. The minimum Gasteiger partial charge on any atom is -0.279 e. The third-order valence-corrected chi connectivity index (χ3v) is 8.78. The van der Waals surface area contributed by atoms with Crippen LogP contribution in [0.2, 0.25) is 0 Å². The van der Waals surface area contributed by atoms with Crippen molar-refractivity contribution < 1.29 is 16.8 Å². The van der Waals surface area contributed by atoms with Crippen molar-refractivity contribution in [3.05, 3.63) is 41.8 Å². The Morgan fingerprint density at radius 2 is 1.84 bits per heavy atom. The summed E-state index contributed by atoms with van der Waals surface area (Å²) in [5.41, 5.74) is 0.333. The van der Waals surface area contributed by atoms with Crippen LogP contribution < -0.4 is 4.72 Å². The summed E-state index contributed by atoms with van der Waals surface area (Å²) in [6, 6.07) is 9.02. The van der Waals surface area contributed by atoms with Crippen molar-refractivity contribution in [2.24, 2.45) is 5.92 Å². The number of hydrogen-bond acceptors (Lipinski definition) is 5. The summed E-state index contributed by atoms with van der Waals surface area (Å²) in [5, 5.41) is 1.68. The molecule has 0 unspecified atom stereocenters. The lowest BCUT2D eigenvalue weighted by atomic mass is 10.0. The lowest BCUT2D eigenvalue weighted by molar-refractivity contribution is 0.281. The largest absolute Gasteiger partial charge is 0.279 e. The highest BCUT2D eigenvalue weighted by molar-refractivity contribution is 7.94. The van der Waals surface area contributed by atoms with Crippen molar-refractivity contribution in [1.82, 2.24) is 4.31 Å². The van der Waals surface area contributed by atoms with Crippen molar-refractivity contribution in [1.29, 1.82) is 0 Å². The van der Waals surface area contributed by atoms with Gasteiger partial charge in [0.1, 0.15) is 4.21 Å². The fraction of sp³-hybridized carbons (Fsp3) is 0.375. The Balaban J connectivity index is 1.78. The van der Waals surface area contributed by atoms with E-state index >= 15 is 0 Å². The van der Waals surface area contributed by atoms with Gasteiger partial charge in [0.15, 0.2) is 0 Å². The van der Waals surface area contributed by atoms with Crippen LogP contribution in [0.4, 0.5) is 5.69 Å². The molecule has 2 heterocycles. The minimum absolute atomic E-state index is 0.181. The lowest BCUT2D eigenvalue weighted by Crippen LogP contribution is -2.39. The molecule has 6 nitrogen and oxygen atoms in total. The van der Waals surface area contributed by atoms with Crippen molar-refractivity contribution in [3.63, 3.8) is 0 Å². The Bertz CT molecular complexity index is 920. The fourth-order valence-corrected chi connectivity index (χ4v) is 6.48. The third kappa shape index (κ3) is 4.05. The molecule has 136 valence electrons. The molecule has 0 bridgehead atoms. The number of piperidine rings is 1. The third-order valence-electron chi connectivity index (χ3n) is 4.12. The van der Waals surface area contributed by atoms with Crippen LogP contribution in [0.3, 0.4) is 0 Å². The smallest absolute Gasteiger partial charge is 0.271 e. The Morgan fingerprint density at radius 3 is 2.44 bits per heavy atom. The molecule has 1 aliphatic heterocycles. The maximum absolute atomic E-state index is 12.7. The summed E-state index contributed by atoms with van der Waals surface area (Å²) in [5.74, 6) is 0.348. The van der Waals surface area contributed by atoms with Crippen molar-refractivity contribution in [2.45, 2.75) is 28.9 Å². The monoisotopic (exact) mass is 400 g/mol. The molecule has 1 atom stereocenters. The van der Waals surface area contributed by atoms with Crippen LogP contribution >= 0.6 is 11.3 Å². The molecule has 1 saturated heterocycles. The zero-order valence-electron chi connectivity index (χ0n) is 13.8. The molecule has 3 rings (SSSR count). The van der Waals surface area contributed by atoms with Gasteiger partial charge in [-0.15, -0.1) is 11.3 Å². The Morgan fingerprint density at radius 1 is 1.12 bits per heavy atom. The second-order valence-corrected chi connectivity index (χ2v) is 11.0. The molecule has 1 aromatic carbocycles. The SMILES string of the molecule is C[C@@H]1CCCN(S(=O)(=O)c2ccc(NS(=O)(=O)c3cccs3)cc2)C1. The summed E-state index contributed by atoms with van der Waals surface area (Å²) in [6.45, 7) is 3.10. The summed E-state index contributed by atoms with van der Waals surface area (Å²) in [6.07, 6.45) is 1.90. The predicted molar refractivity (Wildman–Crippen MR) is 98.7 cm³/mol. The molecule has 1 aliphatic rings. The van der Waals surface area contributed by atoms with E-state index in [-0.39, 0.29) is 9.10 Å². The van der Waals surface area contributed by atoms with E-state index in [2.05, 4.69) is 4.72 Å². The number of nitrogens with one attached hydrogen (secondary N) is 1. The number of rotatable bonds is 5. The first kappa shape index (κ1) is 18.4. The summed E-state index contributed by atoms with van der Waals surface area (Å²) < 4.78 is 54.0. The maximum atomic E-state index is 12.7. The topological polar surface area (TPSA) is 83.6 Å². The normalized spacial score (nSPS) is 19.6. The average molecular weight is 401 g/mol. The molecule has 9 heteroatoms. The van der Waals surface area contributed by atoms with Crippen LogP contribution in [0.1, 0.15) is 19.8 Å². The van der Waals surface area contributed by atoms with Gasteiger partial charge in [0.05, 0.1) is 4.90 Å². The highest BCUT2D eigenvalue weighted by atomic mass is 32.2. The van der Waals surface area contributed by atoms with E-state index in [9.17, 15) is 16.8 Å². The zero-order chi connectivity index (χ0) is 18.1. The van der Waals surface area contributed by atoms with Gasteiger partial charge in [-0.3, -0.25) is 4.72 Å².